The number of carbonyl (C=O) groups excluding carboxylic acids is 2. The van der Waals surface area contributed by atoms with Crippen molar-refractivity contribution in [3.63, 3.8) is 0 Å². The summed E-state index contributed by atoms with van der Waals surface area (Å²) in [5, 5.41) is 6.28. The van der Waals surface area contributed by atoms with E-state index < -0.39 is 5.92 Å². The summed E-state index contributed by atoms with van der Waals surface area (Å²) in [5.74, 6) is 0.711. The number of hydrogen-bond donors (Lipinski definition) is 2. The van der Waals surface area contributed by atoms with Crippen LogP contribution in [-0.4, -0.2) is 28.3 Å². The number of nitrogens with zero attached hydrogens (tertiary/aromatic N) is 3. The first-order valence-electron chi connectivity index (χ1n) is 11.9. The first-order chi connectivity index (χ1) is 17.4. The quantitative estimate of drug-likeness (QED) is 0.383. The Balaban J connectivity index is 1.27. The molecule has 0 bridgehead atoms. The lowest BCUT2D eigenvalue weighted by Gasteiger charge is -2.17. The van der Waals surface area contributed by atoms with Gasteiger partial charge < -0.3 is 15.5 Å². The Labute approximate surface area is 210 Å². The molecule has 1 atom stereocenters. The van der Waals surface area contributed by atoms with Crippen molar-refractivity contribution in [2.45, 2.75) is 20.3 Å². The maximum Gasteiger partial charge on any atom is 0.229 e. The molecule has 0 aliphatic carbocycles. The van der Waals surface area contributed by atoms with Crippen molar-refractivity contribution in [1.29, 1.82) is 0 Å². The number of aryl methyl sites for hydroxylation is 2. The zero-order chi connectivity index (χ0) is 25.1. The standard InChI is InChI=1S/C29H27N5O2/c1-19-11-13-25(14-12-19)34-18-22(15-28(34)35)29(36)33-24-10-6-9-23(16-24)32-27-17-26(30-20(2)31-27)21-7-4-3-5-8-21/h3-14,16-17,22H,15,18H2,1-2H3,(H,33,36)(H,30,31,32). The highest BCUT2D eigenvalue weighted by Gasteiger charge is 2.35. The molecular formula is C29H27N5O2. The van der Waals surface area contributed by atoms with Gasteiger partial charge in [0.25, 0.3) is 0 Å². The summed E-state index contributed by atoms with van der Waals surface area (Å²) in [6, 6.07) is 27.1. The minimum atomic E-state index is -0.409. The van der Waals surface area contributed by atoms with Crippen molar-refractivity contribution in [3.8, 4) is 11.3 Å². The fraction of sp³-hybridized carbons (Fsp3) is 0.172. The van der Waals surface area contributed by atoms with Crippen LogP contribution in [0.4, 0.5) is 22.9 Å². The van der Waals surface area contributed by atoms with Crippen LogP contribution >= 0.6 is 0 Å². The molecule has 36 heavy (non-hydrogen) atoms. The Morgan fingerprint density at radius 3 is 2.42 bits per heavy atom. The Bertz CT molecular complexity index is 1400. The lowest BCUT2D eigenvalue weighted by Crippen LogP contribution is -2.28. The van der Waals surface area contributed by atoms with Gasteiger partial charge in [-0.05, 0) is 44.2 Å². The van der Waals surface area contributed by atoms with Gasteiger partial charge in [-0.25, -0.2) is 9.97 Å². The van der Waals surface area contributed by atoms with Crippen LogP contribution < -0.4 is 15.5 Å². The minimum absolute atomic E-state index is 0.0391. The fourth-order valence-electron chi connectivity index (χ4n) is 4.31. The monoisotopic (exact) mass is 477 g/mol. The van der Waals surface area contributed by atoms with Crippen molar-refractivity contribution in [2.75, 3.05) is 22.1 Å². The number of anilines is 4. The zero-order valence-corrected chi connectivity index (χ0v) is 20.2. The Morgan fingerprint density at radius 1 is 0.889 bits per heavy atom. The second-order valence-electron chi connectivity index (χ2n) is 8.99. The molecule has 3 aromatic carbocycles. The molecule has 1 aliphatic heterocycles. The summed E-state index contributed by atoms with van der Waals surface area (Å²) >= 11 is 0. The molecule has 1 aromatic heterocycles. The van der Waals surface area contributed by atoms with E-state index in [2.05, 4.69) is 20.6 Å². The number of nitrogens with one attached hydrogen (secondary N) is 2. The van der Waals surface area contributed by atoms with Crippen molar-refractivity contribution < 1.29 is 9.59 Å². The number of aromatic nitrogens is 2. The highest BCUT2D eigenvalue weighted by molar-refractivity contribution is 6.03. The number of amides is 2. The summed E-state index contributed by atoms with van der Waals surface area (Å²) < 4.78 is 0. The van der Waals surface area contributed by atoms with E-state index in [9.17, 15) is 9.59 Å². The summed E-state index contributed by atoms with van der Waals surface area (Å²) in [5.41, 5.74) is 5.23. The summed E-state index contributed by atoms with van der Waals surface area (Å²) in [6.45, 7) is 4.23. The van der Waals surface area contributed by atoms with Crippen LogP contribution in [0.25, 0.3) is 11.3 Å². The van der Waals surface area contributed by atoms with Gasteiger partial charge in [-0.15, -0.1) is 0 Å². The molecule has 0 saturated carbocycles. The first kappa shape index (κ1) is 23.2. The van der Waals surface area contributed by atoms with Crippen molar-refractivity contribution in [3.05, 3.63) is 96.3 Å². The van der Waals surface area contributed by atoms with Crippen molar-refractivity contribution >= 4 is 34.7 Å². The maximum atomic E-state index is 13.0. The van der Waals surface area contributed by atoms with Crippen molar-refractivity contribution in [1.82, 2.24) is 9.97 Å². The van der Waals surface area contributed by atoms with Gasteiger partial charge in [-0.3, -0.25) is 9.59 Å². The van der Waals surface area contributed by atoms with E-state index >= 15 is 0 Å². The smallest absolute Gasteiger partial charge is 0.229 e. The van der Waals surface area contributed by atoms with E-state index in [1.165, 1.54) is 0 Å². The van der Waals surface area contributed by atoms with Crippen LogP contribution in [0.3, 0.4) is 0 Å². The minimum Gasteiger partial charge on any atom is -0.340 e. The van der Waals surface area contributed by atoms with Crippen LogP contribution in [0.2, 0.25) is 0 Å². The average molecular weight is 478 g/mol. The van der Waals surface area contributed by atoms with Gasteiger partial charge in [-0.2, -0.15) is 0 Å². The topological polar surface area (TPSA) is 87.2 Å². The van der Waals surface area contributed by atoms with E-state index in [0.717, 1.165) is 28.2 Å². The molecule has 180 valence electrons. The van der Waals surface area contributed by atoms with E-state index in [-0.39, 0.29) is 18.2 Å². The normalized spacial score (nSPS) is 15.1. The number of benzene rings is 3. The molecule has 1 saturated heterocycles. The van der Waals surface area contributed by atoms with E-state index in [0.29, 0.717) is 23.9 Å². The van der Waals surface area contributed by atoms with Crippen LogP contribution in [0.5, 0.6) is 0 Å². The molecular weight excluding hydrogens is 450 g/mol. The molecule has 2 heterocycles. The molecule has 2 N–H and O–H groups in total. The third-order valence-corrected chi connectivity index (χ3v) is 6.15. The van der Waals surface area contributed by atoms with Gasteiger partial charge in [0.05, 0.1) is 11.6 Å². The predicted octanol–water partition coefficient (Wildman–Crippen LogP) is 5.50. The van der Waals surface area contributed by atoms with Crippen LogP contribution in [0.1, 0.15) is 17.8 Å². The molecule has 1 unspecified atom stereocenters. The molecule has 2 amide bonds. The Morgan fingerprint density at radius 2 is 1.64 bits per heavy atom. The van der Waals surface area contributed by atoms with Gasteiger partial charge in [0.15, 0.2) is 0 Å². The van der Waals surface area contributed by atoms with E-state index in [1.807, 2.05) is 98.8 Å². The largest absolute Gasteiger partial charge is 0.340 e. The fourth-order valence-corrected chi connectivity index (χ4v) is 4.31. The van der Waals surface area contributed by atoms with Gasteiger partial charge in [0, 0.05) is 41.7 Å². The molecule has 7 nitrogen and oxygen atoms in total. The second kappa shape index (κ2) is 10.00. The van der Waals surface area contributed by atoms with Gasteiger partial charge in [0.1, 0.15) is 11.6 Å². The molecule has 5 rings (SSSR count). The molecule has 1 aliphatic rings. The van der Waals surface area contributed by atoms with E-state index in [4.69, 9.17) is 0 Å². The highest BCUT2D eigenvalue weighted by Crippen LogP contribution is 2.27. The molecule has 0 spiro atoms. The van der Waals surface area contributed by atoms with Crippen LogP contribution in [0.15, 0.2) is 84.9 Å². The third kappa shape index (κ3) is 5.25. The summed E-state index contributed by atoms with van der Waals surface area (Å²) in [6.07, 6.45) is 0.195. The average Bonchev–Trinajstić information content (AvgIpc) is 3.27. The van der Waals surface area contributed by atoms with Crippen LogP contribution in [-0.2, 0) is 9.59 Å². The Kier molecular flexibility index (Phi) is 6.45. The van der Waals surface area contributed by atoms with Gasteiger partial charge >= 0.3 is 0 Å². The van der Waals surface area contributed by atoms with Gasteiger partial charge in [0.2, 0.25) is 11.8 Å². The number of carbonyl (C=O) groups is 2. The predicted molar refractivity (Wildman–Crippen MR) is 142 cm³/mol. The number of hydrogen-bond acceptors (Lipinski definition) is 5. The molecule has 0 radical (unpaired) electrons. The SMILES string of the molecule is Cc1ccc(N2CC(C(=O)Nc3cccc(Nc4cc(-c5ccccc5)nc(C)n4)c3)CC2=O)cc1. The lowest BCUT2D eigenvalue weighted by atomic mass is 10.1. The lowest BCUT2D eigenvalue weighted by molar-refractivity contribution is -0.122. The third-order valence-electron chi connectivity index (χ3n) is 6.15. The highest BCUT2D eigenvalue weighted by atomic mass is 16.2. The first-order valence-corrected chi connectivity index (χ1v) is 11.9. The maximum absolute atomic E-state index is 13.0. The molecule has 1 fully saturated rings. The van der Waals surface area contributed by atoms with Gasteiger partial charge in [-0.1, -0.05) is 54.1 Å². The summed E-state index contributed by atoms with van der Waals surface area (Å²) in [7, 11) is 0. The van der Waals surface area contributed by atoms with Crippen LogP contribution in [0, 0.1) is 19.8 Å². The second-order valence-corrected chi connectivity index (χ2v) is 8.99. The molecule has 7 heteroatoms. The Hall–Kier alpha value is -4.52. The molecule has 4 aromatic rings. The number of rotatable bonds is 6. The zero-order valence-electron chi connectivity index (χ0n) is 20.2. The van der Waals surface area contributed by atoms with Crippen molar-refractivity contribution in [2.24, 2.45) is 5.92 Å². The van der Waals surface area contributed by atoms with E-state index in [1.54, 1.807) is 4.90 Å². The summed E-state index contributed by atoms with van der Waals surface area (Å²) in [4.78, 5) is 36.3.